The number of hydrogen-bond donors (Lipinski definition) is 1. The van der Waals surface area contributed by atoms with E-state index in [9.17, 15) is 4.79 Å². The van der Waals surface area contributed by atoms with Crippen LogP contribution in [0.25, 0.3) is 11.3 Å². The van der Waals surface area contributed by atoms with Crippen molar-refractivity contribution in [2.45, 2.75) is 19.0 Å². The summed E-state index contributed by atoms with van der Waals surface area (Å²) in [5.41, 5.74) is 4.13. The summed E-state index contributed by atoms with van der Waals surface area (Å²) in [5, 5.41) is 7.53. The van der Waals surface area contributed by atoms with Gasteiger partial charge < -0.3 is 18.9 Å². The van der Waals surface area contributed by atoms with Gasteiger partial charge in [-0.05, 0) is 24.1 Å². The Morgan fingerprint density at radius 2 is 1.85 bits per heavy atom. The van der Waals surface area contributed by atoms with Gasteiger partial charge in [0.05, 0.1) is 32.3 Å². The number of aromatic nitrogens is 4. The van der Waals surface area contributed by atoms with Gasteiger partial charge in [0.2, 0.25) is 0 Å². The number of benzene rings is 2. The number of aromatic amines is 1. The van der Waals surface area contributed by atoms with Gasteiger partial charge in [-0.1, -0.05) is 36.4 Å². The summed E-state index contributed by atoms with van der Waals surface area (Å²) in [5.74, 6) is 1.22. The van der Waals surface area contributed by atoms with E-state index in [2.05, 4.69) is 15.2 Å². The van der Waals surface area contributed by atoms with E-state index in [0.29, 0.717) is 23.7 Å². The first-order valence-corrected chi connectivity index (χ1v) is 10.8. The number of fused-ring (bicyclic) bond motifs is 1. The average molecular weight is 444 g/mol. The summed E-state index contributed by atoms with van der Waals surface area (Å²) < 4.78 is 13.0. The van der Waals surface area contributed by atoms with Crippen LogP contribution in [0.5, 0.6) is 11.5 Å². The number of carbonyl (C=O) groups is 1. The number of nitrogens with one attached hydrogen (secondary N) is 1. The molecule has 3 heterocycles. The first-order valence-electron chi connectivity index (χ1n) is 10.8. The molecular formula is C25H25N5O3. The highest BCUT2D eigenvalue weighted by atomic mass is 16.5. The minimum atomic E-state index is -0.288. The average Bonchev–Trinajstić information content (AvgIpc) is 3.58. The molecule has 1 aliphatic heterocycles. The molecule has 1 aliphatic rings. The fourth-order valence-electron chi connectivity index (χ4n) is 4.46. The lowest BCUT2D eigenvalue weighted by atomic mass is 9.95. The number of nitrogens with zero attached hydrogens (tertiary/aromatic N) is 4. The van der Waals surface area contributed by atoms with Crippen LogP contribution in [0.4, 0.5) is 0 Å². The SMILES string of the molecule is COc1ccc(C2c3c(-c4ccccc4)n[nH]c3C(=O)N2CCCn2ccnc2)cc1OC. The largest absolute Gasteiger partial charge is 0.493 e. The van der Waals surface area contributed by atoms with E-state index in [1.807, 2.05) is 64.2 Å². The molecule has 2 aromatic carbocycles. The number of H-pyrrole nitrogens is 1. The maximum absolute atomic E-state index is 13.5. The summed E-state index contributed by atoms with van der Waals surface area (Å²) >= 11 is 0. The van der Waals surface area contributed by atoms with Crippen molar-refractivity contribution in [3.8, 4) is 22.8 Å². The Morgan fingerprint density at radius 3 is 2.58 bits per heavy atom. The van der Waals surface area contributed by atoms with Crippen LogP contribution in [-0.4, -0.2) is 51.3 Å². The summed E-state index contributed by atoms with van der Waals surface area (Å²) in [6.07, 6.45) is 6.27. The second kappa shape index (κ2) is 8.82. The van der Waals surface area contributed by atoms with Crippen molar-refractivity contribution < 1.29 is 14.3 Å². The van der Waals surface area contributed by atoms with Gasteiger partial charge in [0.25, 0.3) is 5.91 Å². The third-order valence-corrected chi connectivity index (χ3v) is 6.01. The summed E-state index contributed by atoms with van der Waals surface area (Å²) in [6, 6.07) is 15.4. The van der Waals surface area contributed by atoms with Gasteiger partial charge in [-0.15, -0.1) is 0 Å². The zero-order valence-electron chi connectivity index (χ0n) is 18.6. The summed E-state index contributed by atoms with van der Waals surface area (Å²) in [7, 11) is 3.23. The smallest absolute Gasteiger partial charge is 0.273 e. The predicted octanol–water partition coefficient (Wildman–Crippen LogP) is 3.93. The molecule has 0 radical (unpaired) electrons. The van der Waals surface area contributed by atoms with Crippen LogP contribution >= 0.6 is 0 Å². The molecule has 2 aromatic heterocycles. The molecule has 168 valence electrons. The van der Waals surface area contributed by atoms with Crippen LogP contribution in [0, 0.1) is 0 Å². The Kier molecular flexibility index (Phi) is 5.56. The Balaban J connectivity index is 1.56. The molecule has 0 saturated carbocycles. The second-order valence-electron chi connectivity index (χ2n) is 7.90. The van der Waals surface area contributed by atoms with Gasteiger partial charge in [-0.2, -0.15) is 5.10 Å². The quantitative estimate of drug-likeness (QED) is 0.446. The molecule has 33 heavy (non-hydrogen) atoms. The van der Waals surface area contributed by atoms with Gasteiger partial charge in [0.15, 0.2) is 11.5 Å². The normalized spacial score (nSPS) is 15.0. The highest BCUT2D eigenvalue weighted by Crippen LogP contribution is 2.44. The number of carbonyl (C=O) groups excluding carboxylic acids is 1. The maximum atomic E-state index is 13.5. The Hall–Kier alpha value is -4.07. The van der Waals surface area contributed by atoms with Crippen molar-refractivity contribution in [3.63, 3.8) is 0 Å². The zero-order valence-corrected chi connectivity index (χ0v) is 18.6. The van der Waals surface area contributed by atoms with Gasteiger partial charge in [0, 0.05) is 36.6 Å². The minimum absolute atomic E-state index is 0.0508. The molecule has 0 fully saturated rings. The van der Waals surface area contributed by atoms with Gasteiger partial charge in [0.1, 0.15) is 5.69 Å². The molecule has 5 rings (SSSR count). The third kappa shape index (κ3) is 3.73. The van der Waals surface area contributed by atoms with Crippen molar-refractivity contribution in [1.82, 2.24) is 24.6 Å². The number of hydrogen-bond acceptors (Lipinski definition) is 5. The fraction of sp³-hybridized carbons (Fsp3) is 0.240. The highest BCUT2D eigenvalue weighted by molar-refractivity contribution is 6.00. The zero-order chi connectivity index (χ0) is 22.8. The van der Waals surface area contributed by atoms with Crippen molar-refractivity contribution in [3.05, 3.63) is 84.1 Å². The number of rotatable bonds is 8. The van der Waals surface area contributed by atoms with Crippen molar-refractivity contribution in [1.29, 1.82) is 0 Å². The first kappa shape index (κ1) is 20.8. The van der Waals surface area contributed by atoms with Crippen LogP contribution in [0.15, 0.2) is 67.3 Å². The van der Waals surface area contributed by atoms with E-state index in [1.54, 1.807) is 26.7 Å². The topological polar surface area (TPSA) is 85.3 Å². The van der Waals surface area contributed by atoms with E-state index in [4.69, 9.17) is 9.47 Å². The highest BCUT2D eigenvalue weighted by Gasteiger charge is 2.42. The molecule has 0 spiro atoms. The Bertz CT molecular complexity index is 1250. The molecule has 0 bridgehead atoms. The van der Waals surface area contributed by atoms with E-state index in [0.717, 1.165) is 35.3 Å². The summed E-state index contributed by atoms with van der Waals surface area (Å²) in [4.78, 5) is 19.5. The van der Waals surface area contributed by atoms with Crippen LogP contribution in [0.1, 0.15) is 34.1 Å². The lowest BCUT2D eigenvalue weighted by Crippen LogP contribution is -2.31. The van der Waals surface area contributed by atoms with Gasteiger partial charge >= 0.3 is 0 Å². The van der Waals surface area contributed by atoms with Gasteiger partial charge in [-0.3, -0.25) is 9.89 Å². The van der Waals surface area contributed by atoms with Crippen LogP contribution in [0.3, 0.4) is 0 Å². The Labute approximate surface area is 191 Å². The van der Waals surface area contributed by atoms with Crippen molar-refractivity contribution in [2.24, 2.45) is 0 Å². The number of ether oxygens (including phenoxy) is 2. The Morgan fingerprint density at radius 1 is 1.03 bits per heavy atom. The second-order valence-corrected chi connectivity index (χ2v) is 7.90. The molecular weight excluding hydrogens is 418 g/mol. The minimum Gasteiger partial charge on any atom is -0.493 e. The number of aryl methyl sites for hydroxylation is 1. The standard InChI is InChI=1S/C25H25N5O3/c1-32-19-10-9-18(15-20(19)33-2)24-21-22(17-7-4-3-5-8-17)27-28-23(21)25(31)30(24)13-6-12-29-14-11-26-16-29/h3-5,7-11,14-16,24H,6,12-13H2,1-2H3,(H,27,28). The van der Waals surface area contributed by atoms with E-state index < -0.39 is 0 Å². The molecule has 8 heteroatoms. The third-order valence-electron chi connectivity index (χ3n) is 6.01. The molecule has 1 atom stereocenters. The first-order chi connectivity index (χ1) is 16.2. The molecule has 0 saturated heterocycles. The van der Waals surface area contributed by atoms with E-state index in [1.165, 1.54) is 0 Å². The summed E-state index contributed by atoms with van der Waals surface area (Å²) in [6.45, 7) is 1.37. The molecule has 1 unspecified atom stereocenters. The molecule has 1 amide bonds. The molecule has 8 nitrogen and oxygen atoms in total. The van der Waals surface area contributed by atoms with Crippen LogP contribution in [-0.2, 0) is 6.54 Å². The van der Waals surface area contributed by atoms with Gasteiger partial charge in [-0.25, -0.2) is 4.98 Å². The van der Waals surface area contributed by atoms with E-state index >= 15 is 0 Å². The molecule has 1 N–H and O–H groups in total. The lowest BCUT2D eigenvalue weighted by molar-refractivity contribution is 0.0739. The van der Waals surface area contributed by atoms with Crippen molar-refractivity contribution in [2.75, 3.05) is 20.8 Å². The predicted molar refractivity (Wildman–Crippen MR) is 123 cm³/mol. The fourth-order valence-corrected chi connectivity index (χ4v) is 4.46. The van der Waals surface area contributed by atoms with Crippen molar-refractivity contribution >= 4 is 5.91 Å². The number of amides is 1. The number of imidazole rings is 1. The number of methoxy groups -OCH3 is 2. The van der Waals surface area contributed by atoms with Crippen LogP contribution in [0.2, 0.25) is 0 Å². The molecule has 0 aliphatic carbocycles. The molecule has 4 aromatic rings. The maximum Gasteiger partial charge on any atom is 0.273 e. The monoisotopic (exact) mass is 443 g/mol. The lowest BCUT2D eigenvalue weighted by Gasteiger charge is -2.27. The van der Waals surface area contributed by atoms with Crippen LogP contribution < -0.4 is 9.47 Å². The van der Waals surface area contributed by atoms with E-state index in [-0.39, 0.29) is 11.9 Å².